The lowest BCUT2D eigenvalue weighted by Gasteiger charge is -2.22. The molecule has 2 heteroatoms. The van der Waals surface area contributed by atoms with Gasteiger partial charge in [0, 0.05) is 16.4 Å². The Kier molecular flexibility index (Phi) is 3.71. The molecule has 1 heterocycles. The summed E-state index contributed by atoms with van der Waals surface area (Å²) in [7, 11) is 0. The Hall–Kier alpha value is -0.370. The van der Waals surface area contributed by atoms with Gasteiger partial charge in [0.2, 0.25) is 0 Å². The van der Waals surface area contributed by atoms with Crippen molar-refractivity contribution in [1.29, 1.82) is 0 Å². The minimum atomic E-state index is 0.354. The predicted octanol–water partition coefficient (Wildman–Crippen LogP) is 4.13. The lowest BCUT2D eigenvalue weighted by molar-refractivity contribution is 0.345. The Morgan fingerprint density at radius 1 is 1.43 bits per heavy atom. The smallest absolute Gasteiger partial charge is 0.0416 e. The van der Waals surface area contributed by atoms with Gasteiger partial charge >= 0.3 is 0 Å². The molecule has 0 aliphatic rings. The molecule has 0 N–H and O–H groups in total. The summed E-state index contributed by atoms with van der Waals surface area (Å²) >= 11 is 3.46. The third kappa shape index (κ3) is 3.09. The Balaban J connectivity index is 2.83. The highest BCUT2D eigenvalue weighted by atomic mass is 79.9. The Morgan fingerprint density at radius 3 is 2.57 bits per heavy atom. The first-order valence-corrected chi connectivity index (χ1v) is 5.85. The molecule has 0 bridgehead atoms. The molecule has 1 nitrogen and oxygen atoms in total. The molecular weight excluding hydrogens is 238 g/mol. The molecule has 78 valence electrons. The SMILES string of the molecule is CCC(C)(C)Cc1cc(C)c(Br)cn1. The molecule has 0 saturated carbocycles. The standard InChI is InChI=1S/C12H18BrN/c1-5-12(3,4)7-10-6-9(2)11(13)8-14-10/h6,8H,5,7H2,1-4H3. The van der Waals surface area contributed by atoms with E-state index in [1.807, 2.05) is 6.20 Å². The first-order chi connectivity index (χ1) is 6.44. The summed E-state index contributed by atoms with van der Waals surface area (Å²) in [4.78, 5) is 4.43. The van der Waals surface area contributed by atoms with Crippen LogP contribution < -0.4 is 0 Å². The molecule has 0 saturated heterocycles. The third-order valence-corrected chi connectivity index (χ3v) is 3.55. The second-order valence-electron chi connectivity index (χ2n) is 4.62. The molecule has 0 aliphatic carbocycles. The van der Waals surface area contributed by atoms with Crippen molar-refractivity contribution < 1.29 is 0 Å². The number of nitrogens with zero attached hydrogens (tertiary/aromatic N) is 1. The van der Waals surface area contributed by atoms with Crippen LogP contribution in [-0.2, 0) is 6.42 Å². The van der Waals surface area contributed by atoms with Crippen molar-refractivity contribution in [2.75, 3.05) is 0 Å². The largest absolute Gasteiger partial charge is 0.260 e. The van der Waals surface area contributed by atoms with Crippen LogP contribution >= 0.6 is 15.9 Å². The zero-order chi connectivity index (χ0) is 10.8. The zero-order valence-electron chi connectivity index (χ0n) is 9.39. The van der Waals surface area contributed by atoms with Gasteiger partial charge in [-0.1, -0.05) is 27.2 Å². The summed E-state index contributed by atoms with van der Waals surface area (Å²) in [5.41, 5.74) is 2.81. The number of aryl methyl sites for hydroxylation is 1. The van der Waals surface area contributed by atoms with E-state index in [1.165, 1.54) is 17.7 Å². The average molecular weight is 256 g/mol. The van der Waals surface area contributed by atoms with Crippen molar-refractivity contribution in [3.05, 3.63) is 28.0 Å². The van der Waals surface area contributed by atoms with Gasteiger partial charge in [0.25, 0.3) is 0 Å². The maximum absolute atomic E-state index is 4.43. The second kappa shape index (κ2) is 4.43. The van der Waals surface area contributed by atoms with Crippen molar-refractivity contribution in [3.63, 3.8) is 0 Å². The molecule has 1 aromatic heterocycles. The van der Waals surface area contributed by atoms with Crippen molar-refractivity contribution in [2.45, 2.75) is 40.5 Å². The lowest BCUT2D eigenvalue weighted by atomic mass is 9.85. The molecule has 0 fully saturated rings. The fraction of sp³-hybridized carbons (Fsp3) is 0.583. The molecule has 0 unspecified atom stereocenters. The van der Waals surface area contributed by atoms with Gasteiger partial charge in [-0.2, -0.15) is 0 Å². The van der Waals surface area contributed by atoms with Crippen LogP contribution in [0, 0.1) is 12.3 Å². The van der Waals surface area contributed by atoms with E-state index in [0.29, 0.717) is 5.41 Å². The van der Waals surface area contributed by atoms with Crippen LogP contribution in [0.3, 0.4) is 0 Å². The fourth-order valence-corrected chi connectivity index (χ4v) is 1.53. The Morgan fingerprint density at radius 2 is 2.07 bits per heavy atom. The Labute approximate surface area is 95.1 Å². The molecule has 1 aromatic rings. The molecule has 0 radical (unpaired) electrons. The fourth-order valence-electron chi connectivity index (χ4n) is 1.31. The van der Waals surface area contributed by atoms with Gasteiger partial charge in [0.15, 0.2) is 0 Å². The summed E-state index contributed by atoms with van der Waals surface area (Å²) in [5, 5.41) is 0. The summed E-state index contributed by atoms with van der Waals surface area (Å²) in [5.74, 6) is 0. The van der Waals surface area contributed by atoms with E-state index in [4.69, 9.17) is 0 Å². The summed E-state index contributed by atoms with van der Waals surface area (Å²) < 4.78 is 1.09. The van der Waals surface area contributed by atoms with Crippen molar-refractivity contribution in [1.82, 2.24) is 4.98 Å². The van der Waals surface area contributed by atoms with E-state index in [2.05, 4.69) is 54.7 Å². The summed E-state index contributed by atoms with van der Waals surface area (Å²) in [6, 6.07) is 2.17. The van der Waals surface area contributed by atoms with E-state index in [9.17, 15) is 0 Å². The number of halogens is 1. The van der Waals surface area contributed by atoms with Gasteiger partial charge in [-0.05, 0) is 46.3 Å². The molecule has 0 amide bonds. The highest BCUT2D eigenvalue weighted by Crippen LogP contribution is 2.25. The first kappa shape index (κ1) is 11.7. The molecule has 14 heavy (non-hydrogen) atoms. The van der Waals surface area contributed by atoms with Gasteiger partial charge < -0.3 is 0 Å². The van der Waals surface area contributed by atoms with E-state index in [1.54, 1.807) is 0 Å². The van der Waals surface area contributed by atoms with E-state index in [0.717, 1.165) is 10.9 Å². The maximum atomic E-state index is 4.43. The molecule has 0 atom stereocenters. The molecular formula is C12H18BrN. The molecule has 0 aliphatic heterocycles. The monoisotopic (exact) mass is 255 g/mol. The maximum Gasteiger partial charge on any atom is 0.0416 e. The Bertz CT molecular complexity index is 318. The molecule has 0 spiro atoms. The number of rotatable bonds is 3. The number of hydrogen-bond acceptors (Lipinski definition) is 1. The van der Waals surface area contributed by atoms with Crippen molar-refractivity contribution >= 4 is 15.9 Å². The van der Waals surface area contributed by atoms with Crippen molar-refractivity contribution in [3.8, 4) is 0 Å². The average Bonchev–Trinajstić information content (AvgIpc) is 2.11. The molecule has 0 aromatic carbocycles. The quantitative estimate of drug-likeness (QED) is 0.792. The summed E-state index contributed by atoms with van der Waals surface area (Å²) in [6.07, 6.45) is 4.14. The van der Waals surface area contributed by atoms with Crippen molar-refractivity contribution in [2.24, 2.45) is 5.41 Å². The summed E-state index contributed by atoms with van der Waals surface area (Å²) in [6.45, 7) is 8.90. The minimum absolute atomic E-state index is 0.354. The number of aromatic nitrogens is 1. The topological polar surface area (TPSA) is 12.9 Å². The van der Waals surface area contributed by atoms with E-state index >= 15 is 0 Å². The minimum Gasteiger partial charge on any atom is -0.260 e. The van der Waals surface area contributed by atoms with Crippen LogP contribution in [0.5, 0.6) is 0 Å². The van der Waals surface area contributed by atoms with Gasteiger partial charge in [-0.3, -0.25) is 4.98 Å². The predicted molar refractivity (Wildman–Crippen MR) is 64.5 cm³/mol. The van der Waals surface area contributed by atoms with E-state index < -0.39 is 0 Å². The van der Waals surface area contributed by atoms with Crippen LogP contribution in [0.1, 0.15) is 38.4 Å². The van der Waals surface area contributed by atoms with Gasteiger partial charge in [0.1, 0.15) is 0 Å². The van der Waals surface area contributed by atoms with Gasteiger partial charge in [-0.15, -0.1) is 0 Å². The van der Waals surface area contributed by atoms with Gasteiger partial charge in [-0.25, -0.2) is 0 Å². The van der Waals surface area contributed by atoms with Crippen LogP contribution in [0.2, 0.25) is 0 Å². The van der Waals surface area contributed by atoms with Crippen LogP contribution in [0.25, 0.3) is 0 Å². The number of pyridine rings is 1. The first-order valence-electron chi connectivity index (χ1n) is 5.05. The van der Waals surface area contributed by atoms with Crippen LogP contribution in [0.4, 0.5) is 0 Å². The highest BCUT2D eigenvalue weighted by Gasteiger charge is 2.16. The number of hydrogen-bond donors (Lipinski definition) is 0. The van der Waals surface area contributed by atoms with Crippen LogP contribution in [-0.4, -0.2) is 4.98 Å². The van der Waals surface area contributed by atoms with Crippen LogP contribution in [0.15, 0.2) is 16.7 Å². The van der Waals surface area contributed by atoms with Gasteiger partial charge in [0.05, 0.1) is 0 Å². The highest BCUT2D eigenvalue weighted by molar-refractivity contribution is 9.10. The lowest BCUT2D eigenvalue weighted by Crippen LogP contribution is -2.14. The van der Waals surface area contributed by atoms with E-state index in [-0.39, 0.29) is 0 Å². The zero-order valence-corrected chi connectivity index (χ0v) is 11.0. The second-order valence-corrected chi connectivity index (χ2v) is 5.47. The molecule has 1 rings (SSSR count). The normalized spacial score (nSPS) is 11.8. The third-order valence-electron chi connectivity index (χ3n) is 2.72.